The molecular weight excluding hydrogens is 312 g/mol. The lowest BCUT2D eigenvalue weighted by Gasteiger charge is -2.09. The molecule has 0 aliphatic carbocycles. The van der Waals surface area contributed by atoms with E-state index in [1.54, 1.807) is 16.9 Å². The molecule has 2 aromatic carbocycles. The van der Waals surface area contributed by atoms with Gasteiger partial charge in [-0.15, -0.1) is 0 Å². The number of nitrogens with one attached hydrogen (secondary N) is 1. The van der Waals surface area contributed by atoms with Crippen LogP contribution in [-0.4, -0.2) is 20.5 Å². The maximum atomic E-state index is 12.6. The van der Waals surface area contributed by atoms with Gasteiger partial charge in [0.15, 0.2) is 5.65 Å². The van der Waals surface area contributed by atoms with Crippen molar-refractivity contribution in [1.82, 2.24) is 14.6 Å². The predicted molar refractivity (Wildman–Crippen MR) is 97.6 cm³/mol. The molecule has 0 aliphatic rings. The first kappa shape index (κ1) is 15.1. The Morgan fingerprint density at radius 3 is 2.36 bits per heavy atom. The van der Waals surface area contributed by atoms with Crippen molar-refractivity contribution < 1.29 is 4.79 Å². The molecule has 2 heterocycles. The third-order valence-corrected chi connectivity index (χ3v) is 4.13. The molecule has 1 amide bonds. The fourth-order valence-corrected chi connectivity index (χ4v) is 2.81. The number of amides is 1. The number of fused-ring (bicyclic) bond motifs is 1. The van der Waals surface area contributed by atoms with Gasteiger partial charge in [-0.1, -0.05) is 48.5 Å². The molecule has 122 valence electrons. The van der Waals surface area contributed by atoms with E-state index < -0.39 is 0 Å². The van der Waals surface area contributed by atoms with Gasteiger partial charge in [0.25, 0.3) is 5.91 Å². The highest BCUT2D eigenvalue weighted by molar-refractivity contribution is 6.05. The molecule has 0 saturated heterocycles. The van der Waals surface area contributed by atoms with Crippen molar-refractivity contribution >= 4 is 17.2 Å². The number of anilines is 1. The summed E-state index contributed by atoms with van der Waals surface area (Å²) in [6, 6.07) is 19.3. The van der Waals surface area contributed by atoms with E-state index in [1.807, 2.05) is 67.6 Å². The lowest BCUT2D eigenvalue weighted by Crippen LogP contribution is -2.16. The number of aromatic nitrogens is 3. The normalized spacial score (nSPS) is 10.8. The molecular formula is C20H16N4O. The molecule has 0 bridgehead atoms. The Labute approximate surface area is 145 Å². The van der Waals surface area contributed by atoms with Crippen LogP contribution in [-0.2, 0) is 0 Å². The summed E-state index contributed by atoms with van der Waals surface area (Å²) in [4.78, 5) is 17.0. The van der Waals surface area contributed by atoms with E-state index in [-0.39, 0.29) is 5.91 Å². The molecule has 0 fully saturated rings. The summed E-state index contributed by atoms with van der Waals surface area (Å²) >= 11 is 0. The van der Waals surface area contributed by atoms with Crippen LogP contribution in [0.4, 0.5) is 5.69 Å². The van der Waals surface area contributed by atoms with Gasteiger partial charge in [-0.05, 0) is 24.6 Å². The van der Waals surface area contributed by atoms with Crippen LogP contribution in [0.2, 0.25) is 0 Å². The Hall–Kier alpha value is -3.47. The van der Waals surface area contributed by atoms with Crippen molar-refractivity contribution in [3.63, 3.8) is 0 Å². The Balaban J connectivity index is 1.73. The Morgan fingerprint density at radius 1 is 0.960 bits per heavy atom. The van der Waals surface area contributed by atoms with Crippen LogP contribution in [0.3, 0.4) is 0 Å². The van der Waals surface area contributed by atoms with E-state index >= 15 is 0 Å². The SMILES string of the molecule is Cc1c(C(=O)Nc2ccccc2)cnc2c(-c3ccccc3)cnn12. The summed E-state index contributed by atoms with van der Waals surface area (Å²) in [5, 5.41) is 7.30. The molecule has 4 aromatic rings. The van der Waals surface area contributed by atoms with E-state index in [0.717, 1.165) is 28.2 Å². The standard InChI is InChI=1S/C20H16N4O/c1-14-17(20(25)23-16-10-6-3-7-11-16)12-21-19-18(13-22-24(14)19)15-8-4-2-5-9-15/h2-13H,1H3,(H,23,25). The fourth-order valence-electron chi connectivity index (χ4n) is 2.81. The fraction of sp³-hybridized carbons (Fsp3) is 0.0500. The van der Waals surface area contributed by atoms with Gasteiger partial charge in [0.1, 0.15) is 0 Å². The second-order valence-corrected chi connectivity index (χ2v) is 5.74. The van der Waals surface area contributed by atoms with Crippen molar-refractivity contribution in [2.45, 2.75) is 6.92 Å². The topological polar surface area (TPSA) is 59.3 Å². The summed E-state index contributed by atoms with van der Waals surface area (Å²) in [6.45, 7) is 1.87. The number of nitrogens with zero attached hydrogens (tertiary/aromatic N) is 3. The van der Waals surface area contributed by atoms with Gasteiger partial charge in [0.05, 0.1) is 17.5 Å². The maximum Gasteiger partial charge on any atom is 0.259 e. The highest BCUT2D eigenvalue weighted by Gasteiger charge is 2.16. The third-order valence-electron chi connectivity index (χ3n) is 4.13. The van der Waals surface area contributed by atoms with Gasteiger partial charge in [-0.25, -0.2) is 9.50 Å². The number of para-hydroxylation sites is 1. The first-order valence-electron chi connectivity index (χ1n) is 7.99. The van der Waals surface area contributed by atoms with Crippen molar-refractivity contribution in [3.8, 4) is 11.1 Å². The van der Waals surface area contributed by atoms with Crippen LogP contribution < -0.4 is 5.32 Å². The van der Waals surface area contributed by atoms with E-state index in [1.165, 1.54) is 0 Å². The minimum absolute atomic E-state index is 0.199. The largest absolute Gasteiger partial charge is 0.322 e. The van der Waals surface area contributed by atoms with Crippen molar-refractivity contribution in [2.24, 2.45) is 0 Å². The molecule has 5 heteroatoms. The summed E-state index contributed by atoms with van der Waals surface area (Å²) in [6.07, 6.45) is 3.39. The summed E-state index contributed by atoms with van der Waals surface area (Å²) < 4.78 is 1.71. The average Bonchev–Trinajstić information content (AvgIpc) is 3.08. The molecule has 0 spiro atoms. The molecule has 1 N–H and O–H groups in total. The minimum atomic E-state index is -0.199. The first-order chi connectivity index (χ1) is 12.2. The van der Waals surface area contributed by atoms with E-state index in [4.69, 9.17) is 0 Å². The molecule has 0 radical (unpaired) electrons. The maximum absolute atomic E-state index is 12.6. The number of rotatable bonds is 3. The number of benzene rings is 2. The summed E-state index contributed by atoms with van der Waals surface area (Å²) in [7, 11) is 0. The third kappa shape index (κ3) is 2.76. The van der Waals surface area contributed by atoms with Crippen LogP contribution in [0.25, 0.3) is 16.8 Å². The van der Waals surface area contributed by atoms with E-state index in [2.05, 4.69) is 15.4 Å². The smallest absolute Gasteiger partial charge is 0.259 e. The van der Waals surface area contributed by atoms with Gasteiger partial charge >= 0.3 is 0 Å². The van der Waals surface area contributed by atoms with Crippen molar-refractivity contribution in [2.75, 3.05) is 5.32 Å². The first-order valence-corrected chi connectivity index (χ1v) is 7.99. The van der Waals surface area contributed by atoms with E-state index in [0.29, 0.717) is 5.56 Å². The van der Waals surface area contributed by atoms with Crippen molar-refractivity contribution in [1.29, 1.82) is 0 Å². The lowest BCUT2D eigenvalue weighted by atomic mass is 10.1. The Kier molecular flexibility index (Phi) is 3.74. The molecule has 2 aromatic heterocycles. The Morgan fingerprint density at radius 2 is 1.64 bits per heavy atom. The molecule has 5 nitrogen and oxygen atoms in total. The minimum Gasteiger partial charge on any atom is -0.322 e. The quantitative estimate of drug-likeness (QED) is 0.619. The van der Waals surface area contributed by atoms with Crippen LogP contribution in [0.15, 0.2) is 73.1 Å². The zero-order chi connectivity index (χ0) is 17.2. The molecule has 0 unspecified atom stereocenters. The molecule has 0 atom stereocenters. The Bertz CT molecular complexity index is 1040. The predicted octanol–water partition coefficient (Wildman–Crippen LogP) is 3.96. The van der Waals surface area contributed by atoms with Gasteiger partial charge in [-0.3, -0.25) is 4.79 Å². The highest BCUT2D eigenvalue weighted by Crippen LogP contribution is 2.24. The number of carbonyl (C=O) groups excluding carboxylic acids is 1. The van der Waals surface area contributed by atoms with Crippen molar-refractivity contribution in [3.05, 3.63) is 84.3 Å². The van der Waals surface area contributed by atoms with Gasteiger partial charge in [0.2, 0.25) is 0 Å². The lowest BCUT2D eigenvalue weighted by molar-refractivity contribution is 0.102. The second kappa shape index (κ2) is 6.20. The van der Waals surface area contributed by atoms with Crippen LogP contribution in [0.1, 0.15) is 16.1 Å². The van der Waals surface area contributed by atoms with Crippen LogP contribution in [0.5, 0.6) is 0 Å². The number of carbonyl (C=O) groups is 1. The number of hydrogen-bond donors (Lipinski definition) is 1. The van der Waals surface area contributed by atoms with E-state index in [9.17, 15) is 4.79 Å². The van der Waals surface area contributed by atoms with Gasteiger partial charge < -0.3 is 5.32 Å². The highest BCUT2D eigenvalue weighted by atomic mass is 16.1. The second-order valence-electron chi connectivity index (χ2n) is 5.74. The number of aryl methyl sites for hydroxylation is 1. The zero-order valence-electron chi connectivity index (χ0n) is 13.7. The molecule has 0 saturated carbocycles. The average molecular weight is 328 g/mol. The van der Waals surface area contributed by atoms with Crippen LogP contribution in [0, 0.1) is 6.92 Å². The molecule has 4 rings (SSSR count). The van der Waals surface area contributed by atoms with Gasteiger partial charge in [0, 0.05) is 17.4 Å². The van der Waals surface area contributed by atoms with Crippen LogP contribution >= 0.6 is 0 Å². The zero-order valence-corrected chi connectivity index (χ0v) is 13.7. The summed E-state index contributed by atoms with van der Waals surface area (Å²) in [5.74, 6) is -0.199. The molecule has 0 aliphatic heterocycles. The van der Waals surface area contributed by atoms with Gasteiger partial charge in [-0.2, -0.15) is 5.10 Å². The number of hydrogen-bond acceptors (Lipinski definition) is 3. The summed E-state index contributed by atoms with van der Waals surface area (Å²) in [5.41, 5.74) is 4.72. The monoisotopic (exact) mass is 328 g/mol. The molecule has 25 heavy (non-hydrogen) atoms.